The van der Waals surface area contributed by atoms with Crippen molar-refractivity contribution in [1.82, 2.24) is 9.78 Å². The molecule has 0 aliphatic rings. The number of rotatable bonds is 4. The van der Waals surface area contributed by atoms with Crippen LogP contribution in [0.2, 0.25) is 0 Å². The van der Waals surface area contributed by atoms with Gasteiger partial charge in [-0.05, 0) is 28.9 Å². The molecule has 1 aromatic heterocycles. The summed E-state index contributed by atoms with van der Waals surface area (Å²) < 4.78 is 20.5. The molecule has 0 aliphatic heterocycles. The first-order chi connectivity index (χ1) is 9.11. The number of hydrogen-bond acceptors (Lipinski definition) is 3. The van der Waals surface area contributed by atoms with E-state index in [1.165, 1.54) is 10.9 Å². The van der Waals surface area contributed by atoms with E-state index >= 15 is 0 Å². The minimum atomic E-state index is -0.369. The van der Waals surface area contributed by atoms with Gasteiger partial charge < -0.3 is 4.74 Å². The Morgan fingerprint density at radius 3 is 3.05 bits per heavy atom. The molecule has 0 N–H and O–H groups in total. The predicted molar refractivity (Wildman–Crippen MR) is 72.0 cm³/mol. The Labute approximate surface area is 118 Å². The number of halogens is 2. The molecule has 0 bridgehead atoms. The second-order valence-corrected chi connectivity index (χ2v) is 4.69. The van der Waals surface area contributed by atoms with Crippen molar-refractivity contribution in [3.8, 4) is 11.1 Å². The second kappa shape index (κ2) is 5.97. The Hall–Kier alpha value is -1.69. The lowest BCUT2D eigenvalue weighted by molar-refractivity contribution is -0.144. The summed E-state index contributed by atoms with van der Waals surface area (Å²) in [5.41, 5.74) is 1.05. The minimum Gasteiger partial charge on any atom is -0.465 e. The van der Waals surface area contributed by atoms with Crippen LogP contribution in [0.1, 0.15) is 6.92 Å². The number of carbonyl (C=O) groups is 1. The third kappa shape index (κ3) is 3.20. The van der Waals surface area contributed by atoms with Crippen LogP contribution >= 0.6 is 15.9 Å². The molecule has 0 fully saturated rings. The Bertz CT molecular complexity index is 598. The lowest BCUT2D eigenvalue weighted by Crippen LogP contribution is -2.13. The van der Waals surface area contributed by atoms with Crippen LogP contribution in [0.15, 0.2) is 35.1 Å². The van der Waals surface area contributed by atoms with Gasteiger partial charge in [-0.3, -0.25) is 9.48 Å². The number of hydrogen-bond donors (Lipinski definition) is 0. The van der Waals surface area contributed by atoms with Gasteiger partial charge in [-0.25, -0.2) is 4.39 Å². The summed E-state index contributed by atoms with van der Waals surface area (Å²) in [7, 11) is 0. The van der Waals surface area contributed by atoms with Crippen molar-refractivity contribution in [3.63, 3.8) is 0 Å². The molecule has 1 heterocycles. The lowest BCUT2D eigenvalue weighted by Gasteiger charge is -2.02. The monoisotopic (exact) mass is 326 g/mol. The van der Waals surface area contributed by atoms with Gasteiger partial charge in [-0.15, -0.1) is 0 Å². The molecule has 100 valence electrons. The van der Waals surface area contributed by atoms with Gasteiger partial charge in [0, 0.05) is 17.3 Å². The fourth-order valence-electron chi connectivity index (χ4n) is 1.65. The molecule has 0 unspecified atom stereocenters. The Morgan fingerprint density at radius 2 is 2.32 bits per heavy atom. The van der Waals surface area contributed by atoms with Crippen molar-refractivity contribution in [2.24, 2.45) is 0 Å². The molecule has 0 aliphatic carbocycles. The first kappa shape index (κ1) is 13.7. The van der Waals surface area contributed by atoms with E-state index in [-0.39, 0.29) is 18.3 Å². The van der Waals surface area contributed by atoms with Gasteiger partial charge in [0.05, 0.1) is 17.3 Å². The van der Waals surface area contributed by atoms with Crippen molar-refractivity contribution in [3.05, 3.63) is 40.9 Å². The summed E-state index contributed by atoms with van der Waals surface area (Å²) in [6, 6.07) is 5.03. The number of ether oxygens (including phenoxy) is 1. The molecule has 2 aromatic rings. The Kier molecular flexibility index (Phi) is 4.31. The standard InChI is InChI=1S/C13H12BrFN2O2/c1-2-19-12(18)8-17-7-9(6-16-17)10-4-3-5-11(14)13(10)15/h3-7H,2,8H2,1H3. The highest BCUT2D eigenvalue weighted by atomic mass is 79.9. The van der Waals surface area contributed by atoms with Crippen LogP contribution < -0.4 is 0 Å². The molecule has 6 heteroatoms. The number of esters is 1. The van der Waals surface area contributed by atoms with Crippen LogP contribution in [-0.2, 0) is 16.1 Å². The second-order valence-electron chi connectivity index (χ2n) is 3.83. The molecule has 4 nitrogen and oxygen atoms in total. The first-order valence-electron chi connectivity index (χ1n) is 5.74. The summed E-state index contributed by atoms with van der Waals surface area (Å²) in [5, 5.41) is 4.02. The predicted octanol–water partition coefficient (Wildman–Crippen LogP) is 3.01. The summed E-state index contributed by atoms with van der Waals surface area (Å²) >= 11 is 3.13. The zero-order valence-corrected chi connectivity index (χ0v) is 11.9. The highest BCUT2D eigenvalue weighted by Gasteiger charge is 2.11. The zero-order chi connectivity index (χ0) is 13.8. The normalized spacial score (nSPS) is 10.5. The summed E-state index contributed by atoms with van der Waals surface area (Å²) in [4.78, 5) is 11.3. The molecule has 0 atom stereocenters. The maximum atomic E-state index is 13.9. The van der Waals surface area contributed by atoms with E-state index in [2.05, 4.69) is 21.0 Å². The molecule has 0 saturated heterocycles. The third-order valence-electron chi connectivity index (χ3n) is 2.49. The van der Waals surface area contributed by atoms with Crippen molar-refractivity contribution >= 4 is 21.9 Å². The SMILES string of the molecule is CCOC(=O)Cn1cc(-c2cccc(Br)c2F)cn1. The van der Waals surface area contributed by atoms with Crippen LogP contribution in [0.25, 0.3) is 11.1 Å². The summed E-state index contributed by atoms with van der Waals surface area (Å²) in [5.74, 6) is -0.718. The molecular weight excluding hydrogens is 315 g/mol. The van der Waals surface area contributed by atoms with E-state index in [1.807, 2.05) is 0 Å². The summed E-state index contributed by atoms with van der Waals surface area (Å²) in [6.45, 7) is 2.08. The lowest BCUT2D eigenvalue weighted by atomic mass is 10.1. The number of aromatic nitrogens is 2. The van der Waals surface area contributed by atoms with E-state index in [0.29, 0.717) is 22.2 Å². The fourth-order valence-corrected chi connectivity index (χ4v) is 2.02. The first-order valence-corrected chi connectivity index (χ1v) is 6.53. The molecule has 2 rings (SSSR count). The average molecular weight is 327 g/mol. The van der Waals surface area contributed by atoms with E-state index in [4.69, 9.17) is 4.74 Å². The topological polar surface area (TPSA) is 44.1 Å². The summed E-state index contributed by atoms with van der Waals surface area (Å²) in [6.07, 6.45) is 3.13. The van der Waals surface area contributed by atoms with Crippen molar-refractivity contribution in [2.75, 3.05) is 6.61 Å². The smallest absolute Gasteiger partial charge is 0.327 e. The Morgan fingerprint density at radius 1 is 1.53 bits per heavy atom. The van der Waals surface area contributed by atoms with Crippen LogP contribution in [0.4, 0.5) is 4.39 Å². The molecule has 0 radical (unpaired) electrons. The van der Waals surface area contributed by atoms with Crippen molar-refractivity contribution < 1.29 is 13.9 Å². The third-order valence-corrected chi connectivity index (χ3v) is 3.10. The van der Waals surface area contributed by atoms with Gasteiger partial charge in [0.15, 0.2) is 0 Å². The number of nitrogens with zero attached hydrogens (tertiary/aromatic N) is 2. The van der Waals surface area contributed by atoms with Gasteiger partial charge in [0.1, 0.15) is 12.4 Å². The quantitative estimate of drug-likeness (QED) is 0.811. The van der Waals surface area contributed by atoms with Crippen LogP contribution in [-0.4, -0.2) is 22.4 Å². The van der Waals surface area contributed by atoms with Crippen LogP contribution in [0, 0.1) is 5.82 Å². The average Bonchev–Trinajstić information content (AvgIpc) is 2.81. The molecule has 19 heavy (non-hydrogen) atoms. The highest BCUT2D eigenvalue weighted by molar-refractivity contribution is 9.10. The Balaban J connectivity index is 2.21. The van der Waals surface area contributed by atoms with Gasteiger partial charge in [0.2, 0.25) is 0 Å². The fraction of sp³-hybridized carbons (Fsp3) is 0.231. The maximum absolute atomic E-state index is 13.9. The maximum Gasteiger partial charge on any atom is 0.327 e. The van der Waals surface area contributed by atoms with Crippen molar-refractivity contribution in [2.45, 2.75) is 13.5 Å². The van der Waals surface area contributed by atoms with E-state index < -0.39 is 0 Å². The van der Waals surface area contributed by atoms with Crippen LogP contribution in [0.5, 0.6) is 0 Å². The van der Waals surface area contributed by atoms with Gasteiger partial charge >= 0.3 is 5.97 Å². The largest absolute Gasteiger partial charge is 0.465 e. The van der Waals surface area contributed by atoms with Gasteiger partial charge in [-0.1, -0.05) is 12.1 Å². The number of carbonyl (C=O) groups excluding carboxylic acids is 1. The zero-order valence-electron chi connectivity index (χ0n) is 10.3. The molecule has 0 saturated carbocycles. The van der Waals surface area contributed by atoms with Crippen molar-refractivity contribution in [1.29, 1.82) is 0 Å². The van der Waals surface area contributed by atoms with E-state index in [0.717, 1.165) is 0 Å². The van der Waals surface area contributed by atoms with Gasteiger partial charge in [-0.2, -0.15) is 5.10 Å². The minimum absolute atomic E-state index is 0.0173. The molecule has 0 spiro atoms. The molecule has 1 aromatic carbocycles. The molecule has 0 amide bonds. The van der Waals surface area contributed by atoms with Gasteiger partial charge in [0.25, 0.3) is 0 Å². The van der Waals surface area contributed by atoms with E-state index in [1.54, 1.807) is 31.3 Å². The molecular formula is C13H12BrFN2O2. The van der Waals surface area contributed by atoms with Crippen LogP contribution in [0.3, 0.4) is 0 Å². The van der Waals surface area contributed by atoms with E-state index in [9.17, 15) is 9.18 Å². The highest BCUT2D eigenvalue weighted by Crippen LogP contribution is 2.27. The number of benzene rings is 1.